The molecule has 3 aromatic heterocycles. The molecule has 1 unspecified atom stereocenters. The molecule has 1 aromatic carbocycles. The lowest BCUT2D eigenvalue weighted by molar-refractivity contribution is 0.0671. The molecule has 1 amide bonds. The van der Waals surface area contributed by atoms with Crippen LogP contribution in [0.3, 0.4) is 0 Å². The quantitative estimate of drug-likeness (QED) is 0.510. The van der Waals surface area contributed by atoms with Crippen LogP contribution in [-0.4, -0.2) is 41.7 Å². The first-order valence-corrected chi connectivity index (χ1v) is 9.81. The van der Waals surface area contributed by atoms with E-state index >= 15 is 0 Å². The van der Waals surface area contributed by atoms with Crippen LogP contribution < -0.4 is 0 Å². The van der Waals surface area contributed by atoms with E-state index in [1.54, 1.807) is 27.7 Å². The van der Waals surface area contributed by atoms with Crippen LogP contribution in [0.2, 0.25) is 5.02 Å². The van der Waals surface area contributed by atoms with Crippen molar-refractivity contribution in [3.05, 3.63) is 70.9 Å². The molecule has 0 fully saturated rings. The van der Waals surface area contributed by atoms with E-state index in [0.29, 0.717) is 22.9 Å². The summed E-state index contributed by atoms with van der Waals surface area (Å²) in [7, 11) is 1.90. The fraction of sp³-hybridized carbons (Fsp3) is 0.238. The molecule has 0 N–H and O–H groups in total. The number of amides is 1. The Morgan fingerprint density at radius 3 is 2.83 bits per heavy atom. The van der Waals surface area contributed by atoms with Gasteiger partial charge in [-0.1, -0.05) is 23.7 Å². The van der Waals surface area contributed by atoms with Crippen molar-refractivity contribution in [1.82, 2.24) is 29.3 Å². The van der Waals surface area contributed by atoms with Crippen LogP contribution in [-0.2, 0) is 13.5 Å². The molecule has 7 nitrogen and oxygen atoms in total. The van der Waals surface area contributed by atoms with Gasteiger partial charge in [-0.3, -0.25) is 9.48 Å². The number of benzene rings is 1. The number of hydrogen-bond acceptors (Lipinski definition) is 4. The third-order valence-electron chi connectivity index (χ3n) is 5.49. The highest BCUT2D eigenvalue weighted by Gasteiger charge is 2.30. The summed E-state index contributed by atoms with van der Waals surface area (Å²) >= 11 is 5.98. The van der Waals surface area contributed by atoms with Crippen LogP contribution in [0.1, 0.15) is 34.6 Å². The number of halogens is 1. The molecule has 5 rings (SSSR count). The number of carbonyl (C=O) groups is 1. The molecule has 0 bridgehead atoms. The van der Waals surface area contributed by atoms with Crippen molar-refractivity contribution in [2.45, 2.75) is 19.4 Å². The molecule has 0 saturated carbocycles. The summed E-state index contributed by atoms with van der Waals surface area (Å²) in [4.78, 5) is 19.3. The van der Waals surface area contributed by atoms with Crippen LogP contribution >= 0.6 is 11.6 Å². The third kappa shape index (κ3) is 3.07. The normalized spacial score (nSPS) is 16.2. The van der Waals surface area contributed by atoms with Crippen molar-refractivity contribution < 1.29 is 4.79 Å². The van der Waals surface area contributed by atoms with E-state index in [1.807, 2.05) is 24.3 Å². The fourth-order valence-corrected chi connectivity index (χ4v) is 4.09. The molecule has 0 radical (unpaired) electrons. The fourth-order valence-electron chi connectivity index (χ4n) is 3.95. The number of hydrogen-bond donors (Lipinski definition) is 0. The smallest absolute Gasteiger partial charge is 0.274 e. The average molecular weight is 407 g/mol. The van der Waals surface area contributed by atoms with Gasteiger partial charge in [0, 0.05) is 37.6 Å². The summed E-state index contributed by atoms with van der Waals surface area (Å²) in [6.45, 7) is 2.72. The summed E-state index contributed by atoms with van der Waals surface area (Å²) in [6, 6.07) is 8.10. The zero-order valence-electron chi connectivity index (χ0n) is 16.1. The Morgan fingerprint density at radius 1 is 1.17 bits per heavy atom. The van der Waals surface area contributed by atoms with Crippen LogP contribution in [0, 0.1) is 0 Å². The zero-order chi connectivity index (χ0) is 20.1. The molecule has 1 aliphatic rings. The number of aromatic nitrogens is 5. The van der Waals surface area contributed by atoms with Crippen molar-refractivity contribution >= 4 is 23.2 Å². The van der Waals surface area contributed by atoms with Gasteiger partial charge in [-0.2, -0.15) is 10.2 Å². The van der Waals surface area contributed by atoms with Crippen LogP contribution in [0.4, 0.5) is 0 Å². The van der Waals surface area contributed by atoms with Gasteiger partial charge < -0.3 is 4.90 Å². The molecule has 4 heterocycles. The molecular weight excluding hydrogens is 388 g/mol. The third-order valence-corrected chi connectivity index (χ3v) is 5.68. The minimum Gasteiger partial charge on any atom is -0.330 e. The second-order valence-corrected chi connectivity index (χ2v) is 7.78. The highest BCUT2D eigenvalue weighted by Crippen LogP contribution is 2.33. The minimum atomic E-state index is -0.100. The summed E-state index contributed by atoms with van der Waals surface area (Å²) in [5, 5.41) is 9.11. The van der Waals surface area contributed by atoms with E-state index in [2.05, 4.69) is 40.3 Å². The van der Waals surface area contributed by atoms with Gasteiger partial charge in [-0.25, -0.2) is 9.50 Å². The molecule has 0 spiro atoms. The first kappa shape index (κ1) is 17.9. The summed E-state index contributed by atoms with van der Waals surface area (Å²) in [6.07, 6.45) is 7.86. The van der Waals surface area contributed by atoms with Crippen molar-refractivity contribution in [1.29, 1.82) is 0 Å². The largest absolute Gasteiger partial charge is 0.330 e. The van der Waals surface area contributed by atoms with Crippen LogP contribution in [0.5, 0.6) is 0 Å². The topological polar surface area (TPSA) is 68.3 Å². The molecule has 4 aromatic rings. The van der Waals surface area contributed by atoms with Gasteiger partial charge in [0.15, 0.2) is 11.3 Å². The molecule has 1 aliphatic heterocycles. The molecule has 0 aliphatic carbocycles. The van der Waals surface area contributed by atoms with E-state index in [0.717, 1.165) is 23.1 Å². The minimum absolute atomic E-state index is 0.0516. The lowest BCUT2D eigenvalue weighted by atomic mass is 9.90. The molecular formula is C21H19ClN6O. The van der Waals surface area contributed by atoms with Gasteiger partial charge >= 0.3 is 0 Å². The van der Waals surface area contributed by atoms with Crippen molar-refractivity contribution in [3.8, 4) is 11.1 Å². The van der Waals surface area contributed by atoms with Crippen LogP contribution in [0.25, 0.3) is 16.8 Å². The number of fused-ring (bicyclic) bond motifs is 2. The van der Waals surface area contributed by atoms with E-state index < -0.39 is 0 Å². The number of carbonyl (C=O) groups excluding carboxylic acids is 1. The Kier molecular flexibility index (Phi) is 4.13. The highest BCUT2D eigenvalue weighted by molar-refractivity contribution is 6.30. The average Bonchev–Trinajstić information content (AvgIpc) is 3.33. The van der Waals surface area contributed by atoms with Gasteiger partial charge in [0.2, 0.25) is 0 Å². The van der Waals surface area contributed by atoms with Gasteiger partial charge in [0.25, 0.3) is 5.91 Å². The first-order valence-electron chi connectivity index (χ1n) is 9.43. The van der Waals surface area contributed by atoms with Gasteiger partial charge in [0.1, 0.15) is 0 Å². The van der Waals surface area contributed by atoms with E-state index in [9.17, 15) is 4.79 Å². The van der Waals surface area contributed by atoms with E-state index in [-0.39, 0.29) is 11.9 Å². The summed E-state index contributed by atoms with van der Waals surface area (Å²) in [5.41, 5.74) is 5.58. The first-order chi connectivity index (χ1) is 14.0. The predicted octanol–water partition coefficient (Wildman–Crippen LogP) is 3.54. The van der Waals surface area contributed by atoms with Gasteiger partial charge in [-0.15, -0.1) is 0 Å². The predicted molar refractivity (Wildman–Crippen MR) is 110 cm³/mol. The molecule has 1 atom stereocenters. The Morgan fingerprint density at radius 2 is 2.03 bits per heavy atom. The SMILES string of the molecule is CC1c2cc(-c3cnn(C)c3)ccc2CCN1C(=O)c1cc2ncc(Cl)cn2n1. The Labute approximate surface area is 172 Å². The van der Waals surface area contributed by atoms with Crippen molar-refractivity contribution in [2.75, 3.05) is 6.54 Å². The maximum absolute atomic E-state index is 13.2. The Hall–Kier alpha value is -3.19. The van der Waals surface area contributed by atoms with Gasteiger partial charge in [0.05, 0.1) is 23.5 Å². The number of aryl methyl sites for hydroxylation is 1. The number of nitrogens with zero attached hydrogens (tertiary/aromatic N) is 6. The highest BCUT2D eigenvalue weighted by atomic mass is 35.5. The second-order valence-electron chi connectivity index (χ2n) is 7.35. The van der Waals surface area contributed by atoms with Crippen molar-refractivity contribution in [2.24, 2.45) is 7.05 Å². The zero-order valence-corrected chi connectivity index (χ0v) is 16.8. The molecule has 146 valence electrons. The maximum Gasteiger partial charge on any atom is 0.274 e. The summed E-state index contributed by atoms with van der Waals surface area (Å²) < 4.78 is 3.33. The van der Waals surface area contributed by atoms with E-state index in [1.165, 1.54) is 5.56 Å². The summed E-state index contributed by atoms with van der Waals surface area (Å²) in [5.74, 6) is -0.100. The number of rotatable bonds is 2. The maximum atomic E-state index is 13.2. The van der Waals surface area contributed by atoms with Gasteiger partial charge in [-0.05, 0) is 36.1 Å². The molecule has 8 heteroatoms. The lowest BCUT2D eigenvalue weighted by Gasteiger charge is -2.35. The lowest BCUT2D eigenvalue weighted by Crippen LogP contribution is -2.39. The standard InChI is InChI=1S/C21H19ClN6O/c1-13-18-7-15(16-9-24-26(2)11-16)4-3-14(18)5-6-27(13)21(29)19-8-20-23-10-17(22)12-28(20)25-19/h3-4,7-13H,5-6H2,1-2H3. The van der Waals surface area contributed by atoms with Crippen LogP contribution in [0.15, 0.2) is 49.1 Å². The molecule has 29 heavy (non-hydrogen) atoms. The second kappa shape index (κ2) is 6.70. The monoisotopic (exact) mass is 406 g/mol. The molecule has 0 saturated heterocycles. The Balaban J connectivity index is 1.48. The van der Waals surface area contributed by atoms with Crippen molar-refractivity contribution in [3.63, 3.8) is 0 Å². The Bertz CT molecular complexity index is 1240. The van der Waals surface area contributed by atoms with E-state index in [4.69, 9.17) is 11.6 Å².